The van der Waals surface area contributed by atoms with Gasteiger partial charge in [0.05, 0.1) is 13.7 Å². The lowest BCUT2D eigenvalue weighted by molar-refractivity contribution is 0.281. The number of ether oxygens (including phenoxy) is 1. The summed E-state index contributed by atoms with van der Waals surface area (Å²) in [5.41, 5.74) is 3.97. The summed E-state index contributed by atoms with van der Waals surface area (Å²) in [4.78, 5) is 4.17. The van der Waals surface area contributed by atoms with Crippen LogP contribution in [-0.2, 0) is 6.61 Å². The number of aryl methyl sites for hydroxylation is 1. The van der Waals surface area contributed by atoms with Crippen LogP contribution in [0.25, 0.3) is 11.1 Å². The van der Waals surface area contributed by atoms with Crippen molar-refractivity contribution in [2.45, 2.75) is 13.5 Å². The lowest BCUT2D eigenvalue weighted by Gasteiger charge is -2.08. The van der Waals surface area contributed by atoms with Crippen molar-refractivity contribution in [3.8, 4) is 16.9 Å². The van der Waals surface area contributed by atoms with Crippen LogP contribution in [0.5, 0.6) is 5.75 Å². The number of aromatic nitrogens is 1. The number of pyridine rings is 1. The van der Waals surface area contributed by atoms with E-state index in [9.17, 15) is 5.11 Å². The molecule has 0 unspecified atom stereocenters. The molecule has 3 heteroatoms. The van der Waals surface area contributed by atoms with Crippen LogP contribution in [0.4, 0.5) is 0 Å². The molecule has 1 aromatic carbocycles. The van der Waals surface area contributed by atoms with Crippen molar-refractivity contribution in [1.29, 1.82) is 0 Å². The van der Waals surface area contributed by atoms with Crippen LogP contribution < -0.4 is 4.74 Å². The number of benzene rings is 1. The summed E-state index contributed by atoms with van der Waals surface area (Å²) < 4.78 is 5.22. The molecule has 0 spiro atoms. The minimum absolute atomic E-state index is 0.00342. The van der Waals surface area contributed by atoms with Crippen molar-refractivity contribution in [2.75, 3.05) is 7.11 Å². The van der Waals surface area contributed by atoms with Crippen molar-refractivity contribution < 1.29 is 9.84 Å². The molecule has 0 aliphatic carbocycles. The van der Waals surface area contributed by atoms with E-state index in [-0.39, 0.29) is 6.61 Å². The third-order valence-electron chi connectivity index (χ3n) is 2.59. The molecule has 17 heavy (non-hydrogen) atoms. The van der Waals surface area contributed by atoms with E-state index in [0.29, 0.717) is 0 Å². The van der Waals surface area contributed by atoms with Gasteiger partial charge in [-0.25, -0.2) is 0 Å². The van der Waals surface area contributed by atoms with Crippen molar-refractivity contribution >= 4 is 0 Å². The van der Waals surface area contributed by atoms with Gasteiger partial charge in [0, 0.05) is 18.0 Å². The van der Waals surface area contributed by atoms with Crippen LogP contribution >= 0.6 is 0 Å². The van der Waals surface area contributed by atoms with Crippen molar-refractivity contribution in [2.24, 2.45) is 0 Å². The predicted molar refractivity (Wildman–Crippen MR) is 66.9 cm³/mol. The minimum atomic E-state index is 0.00342. The Morgan fingerprint density at radius 3 is 2.59 bits per heavy atom. The molecule has 0 fully saturated rings. The van der Waals surface area contributed by atoms with Crippen LogP contribution in [0.3, 0.4) is 0 Å². The quantitative estimate of drug-likeness (QED) is 0.879. The lowest BCUT2D eigenvalue weighted by atomic mass is 10.0. The van der Waals surface area contributed by atoms with E-state index in [0.717, 1.165) is 28.0 Å². The largest absolute Gasteiger partial charge is 0.497 e. The van der Waals surface area contributed by atoms with E-state index >= 15 is 0 Å². The van der Waals surface area contributed by atoms with Gasteiger partial charge in [-0.3, -0.25) is 4.98 Å². The number of aliphatic hydroxyl groups is 1. The van der Waals surface area contributed by atoms with Crippen molar-refractivity contribution in [3.05, 3.63) is 47.8 Å². The summed E-state index contributed by atoms with van der Waals surface area (Å²) in [5, 5.41) is 9.21. The Labute approximate surface area is 101 Å². The zero-order valence-corrected chi connectivity index (χ0v) is 9.97. The highest BCUT2D eigenvalue weighted by molar-refractivity contribution is 5.65. The maximum absolute atomic E-state index is 9.21. The number of methoxy groups -OCH3 is 1. The van der Waals surface area contributed by atoms with Gasteiger partial charge in [0.2, 0.25) is 0 Å². The standard InChI is InChI=1S/C14H15NO2/c1-10-3-13(8-15-7-10)12-4-11(9-16)5-14(6-12)17-2/h3-8,16H,9H2,1-2H3. The average Bonchev–Trinajstić information content (AvgIpc) is 2.38. The summed E-state index contributed by atoms with van der Waals surface area (Å²) in [6, 6.07) is 7.77. The summed E-state index contributed by atoms with van der Waals surface area (Å²) in [7, 11) is 1.62. The molecule has 88 valence electrons. The molecule has 0 amide bonds. The topological polar surface area (TPSA) is 42.4 Å². The van der Waals surface area contributed by atoms with Crippen molar-refractivity contribution in [3.63, 3.8) is 0 Å². The van der Waals surface area contributed by atoms with Crippen LogP contribution in [0, 0.1) is 6.92 Å². The first-order valence-electron chi connectivity index (χ1n) is 5.44. The first kappa shape index (κ1) is 11.6. The average molecular weight is 229 g/mol. The monoisotopic (exact) mass is 229 g/mol. The Bertz CT molecular complexity index is 501. The van der Waals surface area contributed by atoms with Crippen LogP contribution in [0.2, 0.25) is 0 Å². The van der Waals surface area contributed by atoms with E-state index in [2.05, 4.69) is 11.1 Å². The second kappa shape index (κ2) is 4.97. The summed E-state index contributed by atoms with van der Waals surface area (Å²) in [6.45, 7) is 2.01. The molecule has 2 aromatic rings. The molecule has 0 radical (unpaired) electrons. The summed E-state index contributed by atoms with van der Waals surface area (Å²) >= 11 is 0. The zero-order chi connectivity index (χ0) is 12.3. The fraction of sp³-hybridized carbons (Fsp3) is 0.214. The smallest absolute Gasteiger partial charge is 0.119 e. The Morgan fingerprint density at radius 2 is 1.94 bits per heavy atom. The van der Waals surface area contributed by atoms with Gasteiger partial charge in [0.1, 0.15) is 5.75 Å². The maximum Gasteiger partial charge on any atom is 0.119 e. The van der Waals surface area contributed by atoms with Crippen molar-refractivity contribution in [1.82, 2.24) is 4.98 Å². The third-order valence-corrected chi connectivity index (χ3v) is 2.59. The predicted octanol–water partition coefficient (Wildman–Crippen LogP) is 2.56. The lowest BCUT2D eigenvalue weighted by Crippen LogP contribution is -1.90. The van der Waals surface area contributed by atoms with Gasteiger partial charge in [-0.05, 0) is 47.9 Å². The number of aliphatic hydroxyl groups excluding tert-OH is 1. The zero-order valence-electron chi connectivity index (χ0n) is 9.97. The van der Waals surface area contributed by atoms with E-state index in [1.165, 1.54) is 0 Å². The Kier molecular flexibility index (Phi) is 3.40. The Hall–Kier alpha value is -1.87. The number of nitrogens with zero attached hydrogens (tertiary/aromatic N) is 1. The van der Waals surface area contributed by atoms with Gasteiger partial charge >= 0.3 is 0 Å². The molecule has 0 aliphatic rings. The van der Waals surface area contributed by atoms with Gasteiger partial charge in [-0.1, -0.05) is 0 Å². The second-order valence-corrected chi connectivity index (χ2v) is 3.98. The van der Waals surface area contributed by atoms with Gasteiger partial charge in [0.25, 0.3) is 0 Å². The van der Waals surface area contributed by atoms with Gasteiger partial charge in [-0.2, -0.15) is 0 Å². The first-order valence-corrected chi connectivity index (χ1v) is 5.44. The molecule has 3 nitrogen and oxygen atoms in total. The van der Waals surface area contributed by atoms with Gasteiger partial charge in [0.15, 0.2) is 0 Å². The summed E-state index contributed by atoms with van der Waals surface area (Å²) in [6.07, 6.45) is 3.62. The van der Waals surface area contributed by atoms with E-state index in [1.54, 1.807) is 7.11 Å². The molecule has 2 rings (SSSR count). The van der Waals surface area contributed by atoms with E-state index in [1.807, 2.05) is 37.5 Å². The molecule has 0 bridgehead atoms. The fourth-order valence-electron chi connectivity index (χ4n) is 1.75. The molecule has 0 saturated carbocycles. The number of hydrogen-bond acceptors (Lipinski definition) is 3. The van der Waals surface area contributed by atoms with Gasteiger partial charge in [-0.15, -0.1) is 0 Å². The Balaban J connectivity index is 2.50. The highest BCUT2D eigenvalue weighted by Crippen LogP contribution is 2.26. The highest BCUT2D eigenvalue weighted by Gasteiger charge is 2.04. The Morgan fingerprint density at radius 1 is 1.12 bits per heavy atom. The molecular weight excluding hydrogens is 214 g/mol. The first-order chi connectivity index (χ1) is 8.22. The van der Waals surface area contributed by atoms with Gasteiger partial charge < -0.3 is 9.84 Å². The van der Waals surface area contributed by atoms with E-state index in [4.69, 9.17) is 4.74 Å². The molecular formula is C14H15NO2. The summed E-state index contributed by atoms with van der Waals surface area (Å²) in [5.74, 6) is 0.744. The van der Waals surface area contributed by atoms with E-state index < -0.39 is 0 Å². The second-order valence-electron chi connectivity index (χ2n) is 3.98. The van der Waals surface area contributed by atoms with Crippen LogP contribution in [-0.4, -0.2) is 17.2 Å². The number of hydrogen-bond donors (Lipinski definition) is 1. The highest BCUT2D eigenvalue weighted by atomic mass is 16.5. The van der Waals surface area contributed by atoms with Crippen LogP contribution in [0.1, 0.15) is 11.1 Å². The molecule has 0 atom stereocenters. The molecule has 1 heterocycles. The SMILES string of the molecule is COc1cc(CO)cc(-c2cncc(C)c2)c1. The minimum Gasteiger partial charge on any atom is -0.497 e. The third kappa shape index (κ3) is 2.63. The number of rotatable bonds is 3. The molecule has 0 saturated heterocycles. The molecule has 1 N–H and O–H groups in total. The molecule has 0 aliphatic heterocycles. The van der Waals surface area contributed by atoms with Crippen LogP contribution in [0.15, 0.2) is 36.7 Å². The normalized spacial score (nSPS) is 10.3. The molecule has 1 aromatic heterocycles. The maximum atomic E-state index is 9.21. The fourth-order valence-corrected chi connectivity index (χ4v) is 1.75.